The summed E-state index contributed by atoms with van der Waals surface area (Å²) in [7, 11) is 2.10. The summed E-state index contributed by atoms with van der Waals surface area (Å²) in [5, 5.41) is 18.0. The number of hydrogen-bond donors (Lipinski definition) is 0. The Hall–Kier alpha value is -2.46. The first-order chi connectivity index (χ1) is 12.7. The molecule has 0 aliphatic carbocycles. The van der Waals surface area contributed by atoms with E-state index in [1.807, 2.05) is 12.1 Å². The number of piperidine rings is 1. The van der Waals surface area contributed by atoms with E-state index in [1.54, 1.807) is 6.07 Å². The standard InChI is InChI=1S/C19H25N7/c1-24-18(14-25-9-2-3-10-25)22-23-19(24)15-7-11-26(12-8-15)17-6-4-5-16(13-20)21-17/h4-6,15H,2-3,7-12,14H2,1H3. The molecule has 2 aromatic heterocycles. The SMILES string of the molecule is Cn1c(CN2CCCC2)nnc1C1CCN(c2cccc(C#N)n2)CC1. The molecule has 2 aliphatic rings. The first-order valence-electron chi connectivity index (χ1n) is 9.47. The number of likely N-dealkylation sites (tertiary alicyclic amines) is 1. The highest BCUT2D eigenvalue weighted by molar-refractivity contribution is 5.42. The van der Waals surface area contributed by atoms with Crippen LogP contribution in [-0.2, 0) is 13.6 Å². The molecule has 7 nitrogen and oxygen atoms in total. The van der Waals surface area contributed by atoms with Gasteiger partial charge in [0.25, 0.3) is 0 Å². The summed E-state index contributed by atoms with van der Waals surface area (Å²) < 4.78 is 2.20. The lowest BCUT2D eigenvalue weighted by Gasteiger charge is -2.32. The summed E-state index contributed by atoms with van der Waals surface area (Å²) in [5.41, 5.74) is 0.476. The Labute approximate surface area is 154 Å². The molecule has 136 valence electrons. The first kappa shape index (κ1) is 17.0. The van der Waals surface area contributed by atoms with E-state index in [4.69, 9.17) is 5.26 Å². The van der Waals surface area contributed by atoms with Gasteiger partial charge in [-0.15, -0.1) is 10.2 Å². The highest BCUT2D eigenvalue weighted by Gasteiger charge is 2.26. The predicted octanol–water partition coefficient (Wildman–Crippen LogP) is 2.06. The van der Waals surface area contributed by atoms with Crippen molar-refractivity contribution in [2.24, 2.45) is 7.05 Å². The highest BCUT2D eigenvalue weighted by atomic mass is 15.3. The van der Waals surface area contributed by atoms with Gasteiger partial charge >= 0.3 is 0 Å². The van der Waals surface area contributed by atoms with Crippen LogP contribution in [0.2, 0.25) is 0 Å². The molecule has 4 heterocycles. The van der Waals surface area contributed by atoms with Crippen molar-refractivity contribution in [1.82, 2.24) is 24.6 Å². The number of nitriles is 1. The van der Waals surface area contributed by atoms with Crippen LogP contribution < -0.4 is 4.90 Å². The summed E-state index contributed by atoms with van der Waals surface area (Å²) in [5.74, 6) is 3.52. The Morgan fingerprint density at radius 3 is 2.62 bits per heavy atom. The molecule has 0 atom stereocenters. The fourth-order valence-electron chi connectivity index (χ4n) is 4.04. The lowest BCUT2D eigenvalue weighted by molar-refractivity contribution is 0.317. The Morgan fingerprint density at radius 1 is 1.12 bits per heavy atom. The van der Waals surface area contributed by atoms with Gasteiger partial charge in [0.2, 0.25) is 0 Å². The molecule has 0 unspecified atom stereocenters. The van der Waals surface area contributed by atoms with Gasteiger partial charge in [-0.05, 0) is 50.9 Å². The van der Waals surface area contributed by atoms with Crippen molar-refractivity contribution >= 4 is 5.82 Å². The van der Waals surface area contributed by atoms with E-state index in [0.717, 1.165) is 49.9 Å². The number of aromatic nitrogens is 4. The van der Waals surface area contributed by atoms with Gasteiger partial charge in [0.15, 0.2) is 0 Å². The monoisotopic (exact) mass is 351 g/mol. The van der Waals surface area contributed by atoms with Gasteiger partial charge in [-0.2, -0.15) is 5.26 Å². The van der Waals surface area contributed by atoms with E-state index < -0.39 is 0 Å². The van der Waals surface area contributed by atoms with Crippen LogP contribution in [0, 0.1) is 11.3 Å². The van der Waals surface area contributed by atoms with Crippen LogP contribution in [0.1, 0.15) is 48.9 Å². The smallest absolute Gasteiger partial charge is 0.146 e. The number of nitrogens with zero attached hydrogens (tertiary/aromatic N) is 7. The maximum Gasteiger partial charge on any atom is 0.146 e. The molecular formula is C19H25N7. The van der Waals surface area contributed by atoms with Gasteiger partial charge in [-0.1, -0.05) is 6.07 Å². The molecule has 0 radical (unpaired) electrons. The quantitative estimate of drug-likeness (QED) is 0.839. The minimum absolute atomic E-state index is 0.440. The van der Waals surface area contributed by atoms with E-state index in [9.17, 15) is 0 Å². The van der Waals surface area contributed by atoms with E-state index in [1.165, 1.54) is 25.9 Å². The lowest BCUT2D eigenvalue weighted by atomic mass is 9.96. The van der Waals surface area contributed by atoms with Crippen LogP contribution in [0.5, 0.6) is 0 Å². The van der Waals surface area contributed by atoms with Gasteiger partial charge in [-0.3, -0.25) is 4.90 Å². The Bertz CT molecular complexity index is 792. The second kappa shape index (κ2) is 7.42. The van der Waals surface area contributed by atoms with Gasteiger partial charge < -0.3 is 9.47 Å². The largest absolute Gasteiger partial charge is 0.357 e. The average molecular weight is 351 g/mol. The van der Waals surface area contributed by atoms with E-state index in [-0.39, 0.29) is 0 Å². The number of anilines is 1. The normalized spacial score (nSPS) is 19.0. The van der Waals surface area contributed by atoms with Crippen molar-refractivity contribution in [3.8, 4) is 6.07 Å². The Kier molecular flexibility index (Phi) is 4.85. The maximum absolute atomic E-state index is 9.03. The summed E-state index contributed by atoms with van der Waals surface area (Å²) in [6.07, 6.45) is 4.66. The molecule has 0 bridgehead atoms. The molecule has 7 heteroatoms. The molecule has 0 N–H and O–H groups in total. The van der Waals surface area contributed by atoms with Crippen molar-refractivity contribution in [3.05, 3.63) is 35.5 Å². The van der Waals surface area contributed by atoms with Crippen LogP contribution >= 0.6 is 0 Å². The van der Waals surface area contributed by atoms with Gasteiger partial charge in [-0.25, -0.2) is 4.98 Å². The zero-order chi connectivity index (χ0) is 17.9. The zero-order valence-electron chi connectivity index (χ0n) is 15.3. The minimum atomic E-state index is 0.440. The van der Waals surface area contributed by atoms with Crippen LogP contribution in [0.25, 0.3) is 0 Å². The number of pyridine rings is 1. The van der Waals surface area contributed by atoms with Crippen molar-refractivity contribution in [3.63, 3.8) is 0 Å². The molecule has 2 aliphatic heterocycles. The van der Waals surface area contributed by atoms with Crippen molar-refractivity contribution in [2.45, 2.75) is 38.1 Å². The van der Waals surface area contributed by atoms with Crippen LogP contribution in [0.3, 0.4) is 0 Å². The van der Waals surface area contributed by atoms with Crippen LogP contribution in [0.15, 0.2) is 18.2 Å². The first-order valence-corrected chi connectivity index (χ1v) is 9.47. The fraction of sp³-hybridized carbons (Fsp3) is 0.579. The molecule has 0 spiro atoms. The Balaban J connectivity index is 1.40. The fourth-order valence-corrected chi connectivity index (χ4v) is 4.04. The highest BCUT2D eigenvalue weighted by Crippen LogP contribution is 2.29. The van der Waals surface area contributed by atoms with Crippen molar-refractivity contribution in [1.29, 1.82) is 5.26 Å². The summed E-state index contributed by atoms with van der Waals surface area (Å²) in [6, 6.07) is 7.75. The molecule has 2 aromatic rings. The zero-order valence-corrected chi connectivity index (χ0v) is 15.3. The molecule has 26 heavy (non-hydrogen) atoms. The molecule has 0 aromatic carbocycles. The van der Waals surface area contributed by atoms with Crippen LogP contribution in [-0.4, -0.2) is 50.8 Å². The Morgan fingerprint density at radius 2 is 1.88 bits per heavy atom. The summed E-state index contributed by atoms with van der Waals surface area (Å²) in [6.45, 7) is 5.12. The van der Waals surface area contributed by atoms with Crippen molar-refractivity contribution < 1.29 is 0 Å². The molecular weight excluding hydrogens is 326 g/mol. The second-order valence-electron chi connectivity index (χ2n) is 7.27. The maximum atomic E-state index is 9.03. The molecule has 2 fully saturated rings. The minimum Gasteiger partial charge on any atom is -0.357 e. The van der Waals surface area contributed by atoms with E-state index in [2.05, 4.69) is 42.7 Å². The molecule has 2 saturated heterocycles. The van der Waals surface area contributed by atoms with Crippen molar-refractivity contribution in [2.75, 3.05) is 31.1 Å². The number of hydrogen-bond acceptors (Lipinski definition) is 6. The summed E-state index contributed by atoms with van der Waals surface area (Å²) >= 11 is 0. The van der Waals surface area contributed by atoms with Gasteiger partial charge in [0.05, 0.1) is 6.54 Å². The third kappa shape index (κ3) is 3.42. The molecule has 4 rings (SSSR count). The molecule has 0 saturated carbocycles. The summed E-state index contributed by atoms with van der Waals surface area (Å²) in [4.78, 5) is 9.14. The van der Waals surface area contributed by atoms with Gasteiger partial charge in [0.1, 0.15) is 29.2 Å². The lowest BCUT2D eigenvalue weighted by Crippen LogP contribution is -2.34. The third-order valence-corrected chi connectivity index (χ3v) is 5.60. The predicted molar refractivity (Wildman–Crippen MR) is 98.7 cm³/mol. The second-order valence-corrected chi connectivity index (χ2v) is 7.27. The average Bonchev–Trinajstić information content (AvgIpc) is 3.33. The third-order valence-electron chi connectivity index (χ3n) is 5.60. The van der Waals surface area contributed by atoms with Crippen LogP contribution in [0.4, 0.5) is 5.82 Å². The molecule has 0 amide bonds. The topological polar surface area (TPSA) is 73.9 Å². The van der Waals surface area contributed by atoms with E-state index in [0.29, 0.717) is 11.6 Å². The number of rotatable bonds is 4. The van der Waals surface area contributed by atoms with E-state index >= 15 is 0 Å². The van der Waals surface area contributed by atoms with Gasteiger partial charge in [0, 0.05) is 26.1 Å².